The molecule has 3 aromatic carbocycles. The second-order valence-electron chi connectivity index (χ2n) is 9.57. The molecule has 2 heterocycles. The molecule has 2 aliphatic heterocycles. The number of ether oxygens (including phenoxy) is 1. The van der Waals surface area contributed by atoms with Gasteiger partial charge in [-0.15, -0.1) is 0 Å². The minimum atomic E-state index is -0.688. The van der Waals surface area contributed by atoms with Gasteiger partial charge in [-0.1, -0.05) is 54.6 Å². The lowest BCUT2D eigenvalue weighted by molar-refractivity contribution is -0.123. The van der Waals surface area contributed by atoms with Crippen LogP contribution in [0, 0.1) is 0 Å². The molecule has 0 aliphatic carbocycles. The molecular formula is C30H31N3O4. The van der Waals surface area contributed by atoms with Crippen LogP contribution in [0.2, 0.25) is 0 Å². The fourth-order valence-corrected chi connectivity index (χ4v) is 5.02. The van der Waals surface area contributed by atoms with E-state index < -0.39 is 12.1 Å². The van der Waals surface area contributed by atoms with Gasteiger partial charge in [-0.2, -0.15) is 0 Å². The molecule has 3 amide bonds. The van der Waals surface area contributed by atoms with E-state index in [1.807, 2.05) is 78.9 Å². The fourth-order valence-electron chi connectivity index (χ4n) is 5.02. The first-order chi connectivity index (χ1) is 18.0. The molecule has 5 rings (SSSR count). The van der Waals surface area contributed by atoms with Gasteiger partial charge in [0, 0.05) is 37.8 Å². The van der Waals surface area contributed by atoms with E-state index in [2.05, 4.69) is 0 Å². The maximum atomic E-state index is 13.7. The highest BCUT2D eigenvalue weighted by molar-refractivity contribution is 5.99. The van der Waals surface area contributed by atoms with Crippen molar-refractivity contribution in [2.45, 2.75) is 44.9 Å². The van der Waals surface area contributed by atoms with Gasteiger partial charge >= 0.3 is 6.09 Å². The number of nitrogens with zero attached hydrogens (tertiary/aromatic N) is 3. The zero-order chi connectivity index (χ0) is 25.8. The van der Waals surface area contributed by atoms with Crippen molar-refractivity contribution in [1.29, 1.82) is 0 Å². The molecule has 0 bridgehead atoms. The summed E-state index contributed by atoms with van der Waals surface area (Å²) in [5, 5.41) is 0. The molecule has 0 N–H and O–H groups in total. The number of carbonyl (C=O) groups is 3. The molecule has 0 radical (unpaired) electrons. The second-order valence-corrected chi connectivity index (χ2v) is 9.57. The molecule has 0 spiro atoms. The van der Waals surface area contributed by atoms with Gasteiger partial charge in [0.15, 0.2) is 0 Å². The maximum absolute atomic E-state index is 13.7. The summed E-state index contributed by atoms with van der Waals surface area (Å²) < 4.78 is 5.62. The van der Waals surface area contributed by atoms with Crippen LogP contribution in [-0.2, 0) is 33.9 Å². The molecule has 0 saturated carbocycles. The highest BCUT2D eigenvalue weighted by Crippen LogP contribution is 2.28. The van der Waals surface area contributed by atoms with Crippen LogP contribution in [0.25, 0.3) is 0 Å². The number of carbonyl (C=O) groups excluding carboxylic acids is 3. The van der Waals surface area contributed by atoms with Crippen LogP contribution in [0.5, 0.6) is 0 Å². The first kappa shape index (κ1) is 24.6. The minimum absolute atomic E-state index is 0.133. The number of benzene rings is 3. The Kier molecular flexibility index (Phi) is 7.21. The molecule has 0 aromatic heterocycles. The summed E-state index contributed by atoms with van der Waals surface area (Å²) in [5.74, 6) is -0.0538. The summed E-state index contributed by atoms with van der Waals surface area (Å²) in [6.07, 6.45) is 2.40. The monoisotopic (exact) mass is 497 g/mol. The van der Waals surface area contributed by atoms with Crippen LogP contribution in [0.15, 0.2) is 78.9 Å². The van der Waals surface area contributed by atoms with Crippen LogP contribution in [-0.4, -0.2) is 42.4 Å². The van der Waals surface area contributed by atoms with Crippen LogP contribution in [0.3, 0.4) is 0 Å². The molecule has 7 heteroatoms. The van der Waals surface area contributed by atoms with Gasteiger partial charge < -0.3 is 14.5 Å². The predicted octanol–water partition coefficient (Wildman–Crippen LogP) is 4.93. The third-order valence-corrected chi connectivity index (χ3v) is 7.18. The van der Waals surface area contributed by atoms with E-state index in [0.29, 0.717) is 31.6 Å². The van der Waals surface area contributed by atoms with E-state index in [9.17, 15) is 14.4 Å². The van der Waals surface area contributed by atoms with Crippen molar-refractivity contribution in [3.05, 3.63) is 95.6 Å². The number of hydrogen-bond donors (Lipinski definition) is 0. The number of piperidine rings is 1. The first-order valence-corrected chi connectivity index (χ1v) is 12.7. The van der Waals surface area contributed by atoms with Crippen molar-refractivity contribution in [3.8, 4) is 0 Å². The highest BCUT2D eigenvalue weighted by atomic mass is 16.6. The quantitative estimate of drug-likeness (QED) is 0.501. The molecular weight excluding hydrogens is 466 g/mol. The molecule has 190 valence electrons. The third-order valence-electron chi connectivity index (χ3n) is 7.18. The van der Waals surface area contributed by atoms with Crippen molar-refractivity contribution >= 4 is 29.3 Å². The zero-order valence-electron chi connectivity index (χ0n) is 21.0. The van der Waals surface area contributed by atoms with Gasteiger partial charge in [-0.25, -0.2) is 4.79 Å². The van der Waals surface area contributed by atoms with E-state index in [0.717, 1.165) is 35.2 Å². The molecule has 7 nitrogen and oxygen atoms in total. The second kappa shape index (κ2) is 10.9. The fraction of sp³-hybridized carbons (Fsp3) is 0.300. The summed E-state index contributed by atoms with van der Waals surface area (Å²) in [7, 11) is 1.72. The largest absolute Gasteiger partial charge is 0.445 e. The lowest BCUT2D eigenvalue weighted by Gasteiger charge is -2.37. The van der Waals surface area contributed by atoms with Gasteiger partial charge in [0.05, 0.1) is 6.54 Å². The Bertz CT molecular complexity index is 1280. The lowest BCUT2D eigenvalue weighted by atomic mass is 9.93. The summed E-state index contributed by atoms with van der Waals surface area (Å²) in [6.45, 7) is 1.17. The SMILES string of the molecule is CN(C(=O)[C@@H]1Cc2ccccc2CN1C(=O)OCc1ccccc1)c1ccc(N2CCCCC2=O)cc1. The normalized spacial score (nSPS) is 17.2. The average Bonchev–Trinajstić information content (AvgIpc) is 2.95. The Labute approximate surface area is 217 Å². The van der Waals surface area contributed by atoms with Gasteiger partial charge in [0.2, 0.25) is 11.8 Å². The number of anilines is 2. The Morgan fingerprint density at radius 2 is 1.62 bits per heavy atom. The molecule has 0 unspecified atom stereocenters. The molecule has 1 saturated heterocycles. The zero-order valence-corrected chi connectivity index (χ0v) is 21.0. The number of amides is 3. The van der Waals surface area contributed by atoms with E-state index in [1.54, 1.807) is 16.8 Å². The Hall–Kier alpha value is -4.13. The topological polar surface area (TPSA) is 70.2 Å². The van der Waals surface area contributed by atoms with Gasteiger partial charge in [-0.3, -0.25) is 14.5 Å². The number of hydrogen-bond acceptors (Lipinski definition) is 4. The Morgan fingerprint density at radius 1 is 0.919 bits per heavy atom. The van der Waals surface area contributed by atoms with Crippen LogP contribution in [0.1, 0.15) is 36.0 Å². The molecule has 1 fully saturated rings. The molecule has 2 aliphatic rings. The average molecular weight is 498 g/mol. The maximum Gasteiger partial charge on any atom is 0.411 e. The van der Waals surface area contributed by atoms with Crippen LogP contribution in [0.4, 0.5) is 16.2 Å². The summed E-state index contributed by atoms with van der Waals surface area (Å²) >= 11 is 0. The van der Waals surface area contributed by atoms with Gasteiger partial charge in [0.1, 0.15) is 12.6 Å². The molecule has 3 aromatic rings. The van der Waals surface area contributed by atoms with Crippen LogP contribution >= 0.6 is 0 Å². The van der Waals surface area contributed by atoms with Crippen molar-refractivity contribution < 1.29 is 19.1 Å². The molecule has 1 atom stereocenters. The van der Waals surface area contributed by atoms with Crippen molar-refractivity contribution in [2.24, 2.45) is 0 Å². The van der Waals surface area contributed by atoms with Crippen molar-refractivity contribution in [2.75, 3.05) is 23.4 Å². The number of fused-ring (bicyclic) bond motifs is 1. The standard InChI is InChI=1S/C30H31N3O4/c1-31(25-14-16-26(17-15-25)32-18-8-7-13-28(32)34)29(35)27-19-23-11-5-6-12-24(23)20-33(27)30(36)37-21-22-9-3-2-4-10-22/h2-6,9-12,14-17,27H,7-8,13,18-21H2,1H3/t27-/m0/s1. The van der Waals surface area contributed by atoms with E-state index in [4.69, 9.17) is 4.74 Å². The lowest BCUT2D eigenvalue weighted by Crippen LogP contribution is -2.53. The first-order valence-electron chi connectivity index (χ1n) is 12.7. The van der Waals surface area contributed by atoms with Crippen molar-refractivity contribution in [1.82, 2.24) is 4.90 Å². The third kappa shape index (κ3) is 5.35. The summed E-state index contributed by atoms with van der Waals surface area (Å²) in [6, 6.07) is 24.2. The summed E-state index contributed by atoms with van der Waals surface area (Å²) in [4.78, 5) is 44.2. The number of likely N-dealkylation sites (N-methyl/N-ethyl adjacent to an activating group) is 1. The van der Waals surface area contributed by atoms with Gasteiger partial charge in [0.25, 0.3) is 0 Å². The Balaban J connectivity index is 1.34. The smallest absolute Gasteiger partial charge is 0.411 e. The van der Waals surface area contributed by atoms with Crippen molar-refractivity contribution in [3.63, 3.8) is 0 Å². The minimum Gasteiger partial charge on any atom is -0.445 e. The highest BCUT2D eigenvalue weighted by Gasteiger charge is 2.37. The predicted molar refractivity (Wildman–Crippen MR) is 142 cm³/mol. The van der Waals surface area contributed by atoms with Crippen LogP contribution < -0.4 is 9.80 Å². The van der Waals surface area contributed by atoms with E-state index in [1.165, 1.54) is 4.90 Å². The van der Waals surface area contributed by atoms with Gasteiger partial charge in [-0.05, 0) is 53.8 Å². The number of rotatable bonds is 5. The van der Waals surface area contributed by atoms with E-state index in [-0.39, 0.29) is 18.4 Å². The molecule has 37 heavy (non-hydrogen) atoms. The Morgan fingerprint density at radius 3 is 2.35 bits per heavy atom. The summed E-state index contributed by atoms with van der Waals surface area (Å²) in [5.41, 5.74) is 4.50. The van der Waals surface area contributed by atoms with E-state index >= 15 is 0 Å².